The van der Waals surface area contributed by atoms with Gasteiger partial charge in [0.05, 0.1) is 0 Å². The van der Waals surface area contributed by atoms with Crippen molar-refractivity contribution < 1.29 is 32.6 Å². The molecule has 0 bridgehead atoms. The SMILES string of the molecule is CC(CC(=O)O)CC(=O)Nc1ccc(OC(F)(F)F)cc1. The van der Waals surface area contributed by atoms with Gasteiger partial charge in [0.1, 0.15) is 5.75 Å². The van der Waals surface area contributed by atoms with Gasteiger partial charge in [-0.2, -0.15) is 0 Å². The van der Waals surface area contributed by atoms with Crippen LogP contribution in [0.5, 0.6) is 5.75 Å². The van der Waals surface area contributed by atoms with Crippen LogP contribution >= 0.6 is 0 Å². The first-order chi connectivity index (χ1) is 9.65. The van der Waals surface area contributed by atoms with Crippen molar-refractivity contribution in [1.29, 1.82) is 0 Å². The summed E-state index contributed by atoms with van der Waals surface area (Å²) < 4.78 is 39.6. The van der Waals surface area contributed by atoms with Gasteiger partial charge in [-0.1, -0.05) is 6.92 Å². The van der Waals surface area contributed by atoms with Gasteiger partial charge in [-0.3, -0.25) is 9.59 Å². The summed E-state index contributed by atoms with van der Waals surface area (Å²) in [5.74, 6) is -2.13. The Morgan fingerprint density at radius 2 is 1.81 bits per heavy atom. The zero-order valence-electron chi connectivity index (χ0n) is 11.1. The average Bonchev–Trinajstić information content (AvgIpc) is 2.28. The fraction of sp³-hybridized carbons (Fsp3) is 0.385. The molecule has 1 aromatic carbocycles. The van der Waals surface area contributed by atoms with E-state index in [0.717, 1.165) is 12.1 Å². The van der Waals surface area contributed by atoms with Crippen molar-refractivity contribution in [3.8, 4) is 5.75 Å². The minimum Gasteiger partial charge on any atom is -0.481 e. The van der Waals surface area contributed by atoms with Crippen molar-refractivity contribution in [3.05, 3.63) is 24.3 Å². The first-order valence-electron chi connectivity index (χ1n) is 6.03. The number of hydrogen-bond donors (Lipinski definition) is 2. The van der Waals surface area contributed by atoms with Gasteiger partial charge in [0.15, 0.2) is 0 Å². The minimum absolute atomic E-state index is 0.00705. The molecule has 1 unspecified atom stereocenters. The van der Waals surface area contributed by atoms with E-state index in [1.54, 1.807) is 6.92 Å². The van der Waals surface area contributed by atoms with Crippen LogP contribution in [0.1, 0.15) is 19.8 Å². The van der Waals surface area contributed by atoms with Crippen LogP contribution in [0.25, 0.3) is 0 Å². The number of carbonyl (C=O) groups excluding carboxylic acids is 1. The number of halogens is 3. The Kier molecular flexibility index (Phi) is 5.57. The number of carboxylic acid groups (broad SMARTS) is 1. The molecule has 0 saturated carbocycles. The summed E-state index contributed by atoms with van der Waals surface area (Å²) in [4.78, 5) is 22.1. The van der Waals surface area contributed by atoms with Crippen LogP contribution in [-0.2, 0) is 9.59 Å². The van der Waals surface area contributed by atoms with Crippen molar-refractivity contribution in [2.75, 3.05) is 5.32 Å². The van der Waals surface area contributed by atoms with E-state index >= 15 is 0 Å². The van der Waals surface area contributed by atoms with E-state index in [4.69, 9.17) is 5.11 Å². The Morgan fingerprint density at radius 1 is 1.24 bits per heavy atom. The maximum absolute atomic E-state index is 12.0. The van der Waals surface area contributed by atoms with Crippen molar-refractivity contribution >= 4 is 17.6 Å². The van der Waals surface area contributed by atoms with Crippen LogP contribution in [0.4, 0.5) is 18.9 Å². The summed E-state index contributed by atoms with van der Waals surface area (Å²) in [7, 11) is 0. The molecule has 0 aromatic heterocycles. The molecule has 0 radical (unpaired) electrons. The number of nitrogens with one attached hydrogen (secondary N) is 1. The Hall–Kier alpha value is -2.25. The lowest BCUT2D eigenvalue weighted by Gasteiger charge is -2.11. The lowest BCUT2D eigenvalue weighted by Crippen LogP contribution is -2.18. The second-order valence-corrected chi connectivity index (χ2v) is 4.53. The number of carboxylic acids is 1. The normalized spacial score (nSPS) is 12.6. The van der Waals surface area contributed by atoms with E-state index < -0.39 is 18.2 Å². The Morgan fingerprint density at radius 3 is 2.29 bits per heavy atom. The monoisotopic (exact) mass is 305 g/mol. The number of carbonyl (C=O) groups is 2. The molecule has 0 aliphatic rings. The quantitative estimate of drug-likeness (QED) is 0.847. The van der Waals surface area contributed by atoms with Crippen molar-refractivity contribution in [2.24, 2.45) is 5.92 Å². The maximum Gasteiger partial charge on any atom is 0.573 e. The zero-order chi connectivity index (χ0) is 16.0. The van der Waals surface area contributed by atoms with Gasteiger partial charge < -0.3 is 15.2 Å². The van der Waals surface area contributed by atoms with Gasteiger partial charge in [0.25, 0.3) is 0 Å². The van der Waals surface area contributed by atoms with Crippen molar-refractivity contribution in [2.45, 2.75) is 26.1 Å². The maximum atomic E-state index is 12.0. The third-order valence-electron chi connectivity index (χ3n) is 2.43. The smallest absolute Gasteiger partial charge is 0.481 e. The summed E-state index contributed by atoms with van der Waals surface area (Å²) in [6.07, 6.45) is -4.89. The van der Waals surface area contributed by atoms with Crippen LogP contribution < -0.4 is 10.1 Å². The van der Waals surface area contributed by atoms with Crippen LogP contribution in [0.3, 0.4) is 0 Å². The van der Waals surface area contributed by atoms with E-state index in [-0.39, 0.29) is 24.5 Å². The number of amides is 1. The standard InChI is InChI=1S/C13H14F3NO4/c1-8(7-12(19)20)6-11(18)17-9-2-4-10(5-3-9)21-13(14,15)16/h2-5,8H,6-7H2,1H3,(H,17,18)(H,19,20). The molecule has 0 fully saturated rings. The molecule has 0 saturated heterocycles. The molecule has 0 spiro atoms. The van der Waals surface area contributed by atoms with E-state index in [1.165, 1.54) is 12.1 Å². The minimum atomic E-state index is -4.77. The first kappa shape index (κ1) is 16.8. The number of aliphatic carboxylic acids is 1. The van der Waals surface area contributed by atoms with E-state index in [9.17, 15) is 22.8 Å². The van der Waals surface area contributed by atoms with Gasteiger partial charge in [0.2, 0.25) is 5.91 Å². The zero-order valence-corrected chi connectivity index (χ0v) is 11.1. The third kappa shape index (κ3) is 7.19. The summed E-state index contributed by atoms with van der Waals surface area (Å²) >= 11 is 0. The average molecular weight is 305 g/mol. The highest BCUT2D eigenvalue weighted by Gasteiger charge is 2.30. The predicted octanol–water partition coefficient (Wildman–Crippen LogP) is 3.02. The number of benzene rings is 1. The first-order valence-corrected chi connectivity index (χ1v) is 6.03. The summed E-state index contributed by atoms with van der Waals surface area (Å²) in [6, 6.07) is 4.68. The second-order valence-electron chi connectivity index (χ2n) is 4.53. The number of ether oxygens (including phenoxy) is 1. The highest BCUT2D eigenvalue weighted by atomic mass is 19.4. The predicted molar refractivity (Wildman–Crippen MR) is 67.8 cm³/mol. The van der Waals surface area contributed by atoms with Crippen LogP contribution in [0, 0.1) is 5.92 Å². The number of alkyl halides is 3. The third-order valence-corrected chi connectivity index (χ3v) is 2.43. The molecule has 1 rings (SSSR count). The molecule has 21 heavy (non-hydrogen) atoms. The molecule has 2 N–H and O–H groups in total. The van der Waals surface area contributed by atoms with Gasteiger partial charge in [0, 0.05) is 18.5 Å². The van der Waals surface area contributed by atoms with E-state index in [2.05, 4.69) is 10.1 Å². The van der Waals surface area contributed by atoms with Crippen molar-refractivity contribution in [1.82, 2.24) is 0 Å². The molecular formula is C13H14F3NO4. The second kappa shape index (κ2) is 6.96. The van der Waals surface area contributed by atoms with Crippen LogP contribution in [0.2, 0.25) is 0 Å². The van der Waals surface area contributed by atoms with E-state index in [1.807, 2.05) is 0 Å². The van der Waals surface area contributed by atoms with Gasteiger partial charge >= 0.3 is 12.3 Å². The molecular weight excluding hydrogens is 291 g/mol. The largest absolute Gasteiger partial charge is 0.573 e. The molecule has 1 atom stereocenters. The molecule has 116 valence electrons. The molecule has 0 aliphatic heterocycles. The fourth-order valence-electron chi connectivity index (χ4n) is 1.64. The molecule has 1 aromatic rings. The van der Waals surface area contributed by atoms with Gasteiger partial charge in [-0.25, -0.2) is 0 Å². The lowest BCUT2D eigenvalue weighted by atomic mass is 10.0. The van der Waals surface area contributed by atoms with Crippen LogP contribution in [0.15, 0.2) is 24.3 Å². The van der Waals surface area contributed by atoms with Gasteiger partial charge in [-0.05, 0) is 30.2 Å². The fourth-order valence-corrected chi connectivity index (χ4v) is 1.64. The Balaban J connectivity index is 2.52. The Labute approximate surface area is 118 Å². The topological polar surface area (TPSA) is 75.6 Å². The number of hydrogen-bond acceptors (Lipinski definition) is 3. The Bertz CT molecular complexity index is 499. The number of rotatable bonds is 6. The van der Waals surface area contributed by atoms with Gasteiger partial charge in [-0.15, -0.1) is 13.2 Å². The molecule has 8 heteroatoms. The molecule has 0 heterocycles. The van der Waals surface area contributed by atoms with E-state index in [0.29, 0.717) is 5.69 Å². The van der Waals surface area contributed by atoms with Crippen molar-refractivity contribution in [3.63, 3.8) is 0 Å². The highest BCUT2D eigenvalue weighted by Crippen LogP contribution is 2.24. The summed E-state index contributed by atoms with van der Waals surface area (Å²) in [6.45, 7) is 1.62. The summed E-state index contributed by atoms with van der Waals surface area (Å²) in [5.41, 5.74) is 0.303. The number of anilines is 1. The summed E-state index contributed by atoms with van der Waals surface area (Å²) in [5, 5.41) is 11.0. The molecule has 1 amide bonds. The van der Waals surface area contributed by atoms with Crippen LogP contribution in [-0.4, -0.2) is 23.3 Å². The molecule has 5 nitrogen and oxygen atoms in total. The highest BCUT2D eigenvalue weighted by molar-refractivity contribution is 5.91. The lowest BCUT2D eigenvalue weighted by molar-refractivity contribution is -0.274. The molecule has 0 aliphatic carbocycles.